The zero-order valence-electron chi connectivity index (χ0n) is 23.2. The van der Waals surface area contributed by atoms with Crippen molar-refractivity contribution in [3.8, 4) is 0 Å². The Morgan fingerprint density at radius 1 is 1.08 bits per heavy atom. The molecule has 2 aromatic rings. The highest BCUT2D eigenvalue weighted by atomic mass is 32.1. The molecule has 3 saturated carbocycles. The van der Waals surface area contributed by atoms with E-state index in [4.69, 9.17) is 9.31 Å². The van der Waals surface area contributed by atoms with Crippen LogP contribution in [0.4, 0.5) is 0 Å². The summed E-state index contributed by atoms with van der Waals surface area (Å²) in [7, 11) is -0.495. The second-order valence-corrected chi connectivity index (χ2v) is 13.7. The Balaban J connectivity index is 1.31. The summed E-state index contributed by atoms with van der Waals surface area (Å²) < 4.78 is 13.3. The van der Waals surface area contributed by atoms with Crippen molar-refractivity contribution < 1.29 is 18.9 Å². The molecule has 8 heteroatoms. The Morgan fingerprint density at radius 3 is 2.50 bits per heavy atom. The molecule has 6 atom stereocenters. The number of benzene rings is 1. The van der Waals surface area contributed by atoms with Crippen molar-refractivity contribution in [3.63, 3.8) is 0 Å². The van der Waals surface area contributed by atoms with Crippen LogP contribution in [0.2, 0.25) is 0 Å². The van der Waals surface area contributed by atoms with Gasteiger partial charge in [-0.1, -0.05) is 64.1 Å². The first-order chi connectivity index (χ1) is 18.1. The molecule has 1 aliphatic heterocycles. The van der Waals surface area contributed by atoms with Gasteiger partial charge in [0.15, 0.2) is 0 Å². The lowest BCUT2D eigenvalue weighted by Crippen LogP contribution is -2.65. The van der Waals surface area contributed by atoms with Gasteiger partial charge < -0.3 is 19.9 Å². The molecule has 2 heterocycles. The molecule has 2 N–H and O–H groups in total. The lowest BCUT2D eigenvalue weighted by molar-refractivity contribution is -0.199. The van der Waals surface area contributed by atoms with Gasteiger partial charge in [-0.15, -0.1) is 11.3 Å². The van der Waals surface area contributed by atoms with Crippen LogP contribution in [0.15, 0.2) is 47.8 Å². The van der Waals surface area contributed by atoms with Crippen LogP contribution in [0.1, 0.15) is 64.3 Å². The highest BCUT2D eigenvalue weighted by Crippen LogP contribution is 2.65. The molecule has 0 unspecified atom stereocenters. The fraction of sp³-hybridized carbons (Fsp3) is 0.600. The average molecular weight is 537 g/mol. The Labute approximate surface area is 231 Å². The van der Waals surface area contributed by atoms with E-state index in [2.05, 4.69) is 45.3 Å². The Bertz CT molecular complexity index is 1120. The van der Waals surface area contributed by atoms with Gasteiger partial charge in [-0.3, -0.25) is 9.59 Å². The van der Waals surface area contributed by atoms with Crippen LogP contribution < -0.4 is 10.6 Å². The van der Waals surface area contributed by atoms with Crippen molar-refractivity contribution in [1.29, 1.82) is 0 Å². The molecule has 6 nitrogen and oxygen atoms in total. The number of hydrogen-bond acceptors (Lipinski definition) is 5. The minimum Gasteiger partial charge on any atom is -0.404 e. The van der Waals surface area contributed by atoms with Gasteiger partial charge in [0.25, 0.3) is 0 Å². The molecule has 0 spiro atoms. The summed E-state index contributed by atoms with van der Waals surface area (Å²) in [5, 5.41) is 8.21. The molecule has 204 valence electrons. The molecule has 4 fully saturated rings. The predicted octanol–water partition coefficient (Wildman–Crippen LogP) is 4.82. The Morgan fingerprint density at radius 2 is 1.84 bits per heavy atom. The fourth-order valence-corrected chi connectivity index (χ4v) is 7.68. The molecule has 0 radical (unpaired) electrons. The quantitative estimate of drug-likeness (QED) is 0.427. The van der Waals surface area contributed by atoms with E-state index in [1.165, 1.54) is 6.42 Å². The topological polar surface area (TPSA) is 76.7 Å². The standard InChI is InChI=1S/C30H41BN2O4S/c1-19(2)14-26(31-36-25-17-21-16-24(29(21,3)4)30(25,5)37-31)33-28(35)23(15-20-10-7-6-8-11-20)32-27(34)18-22-12-9-13-38-22/h6-13,19,21,23-26H,14-18H2,1-5H3,(H,32,34)(H,33,35)/t21-,23+,24-,25-,26+,30+/m1/s1. The summed E-state index contributed by atoms with van der Waals surface area (Å²) in [6, 6.07) is 13.0. The number of amides is 2. The van der Waals surface area contributed by atoms with Gasteiger partial charge in [-0.05, 0) is 66.4 Å². The summed E-state index contributed by atoms with van der Waals surface area (Å²) in [6.07, 6.45) is 3.67. The maximum atomic E-state index is 13.8. The average Bonchev–Trinajstić information content (AvgIpc) is 3.50. The normalized spacial score (nSPS) is 28.8. The summed E-state index contributed by atoms with van der Waals surface area (Å²) >= 11 is 1.54. The van der Waals surface area contributed by atoms with Gasteiger partial charge in [-0.25, -0.2) is 0 Å². The molecule has 3 aliphatic carbocycles. The van der Waals surface area contributed by atoms with Crippen LogP contribution in [-0.4, -0.2) is 42.6 Å². The van der Waals surface area contributed by atoms with Crippen LogP contribution in [0, 0.1) is 23.2 Å². The maximum Gasteiger partial charge on any atom is 0.481 e. The third-order valence-corrected chi connectivity index (χ3v) is 10.1. The monoisotopic (exact) mass is 536 g/mol. The van der Waals surface area contributed by atoms with Gasteiger partial charge in [0.2, 0.25) is 11.8 Å². The largest absolute Gasteiger partial charge is 0.481 e. The zero-order chi connectivity index (χ0) is 27.1. The SMILES string of the molecule is CC(C)C[C@H](NC(=O)[C@H](Cc1ccccc1)NC(=O)Cc1cccs1)B1O[C@@H]2C[C@H]3C[C@H](C3(C)C)[C@]2(C)O1. The van der Waals surface area contributed by atoms with Gasteiger partial charge in [0, 0.05) is 11.3 Å². The van der Waals surface area contributed by atoms with E-state index < -0.39 is 13.2 Å². The van der Waals surface area contributed by atoms with E-state index in [-0.39, 0.29) is 41.3 Å². The lowest BCUT2D eigenvalue weighted by atomic mass is 9.43. The van der Waals surface area contributed by atoms with Crippen molar-refractivity contribution in [1.82, 2.24) is 10.6 Å². The smallest absolute Gasteiger partial charge is 0.404 e. The summed E-state index contributed by atoms with van der Waals surface area (Å²) in [5.74, 6) is 0.821. The number of carbonyl (C=O) groups excluding carboxylic acids is 2. The van der Waals surface area contributed by atoms with Crippen molar-refractivity contribution in [2.24, 2.45) is 23.2 Å². The summed E-state index contributed by atoms with van der Waals surface area (Å²) in [4.78, 5) is 27.7. The molecule has 2 amide bonds. The number of hydrogen-bond donors (Lipinski definition) is 2. The molecule has 38 heavy (non-hydrogen) atoms. The Kier molecular flexibility index (Phi) is 7.78. The highest BCUT2D eigenvalue weighted by Gasteiger charge is 2.68. The summed E-state index contributed by atoms with van der Waals surface area (Å²) in [5.41, 5.74) is 0.924. The molecule has 1 aromatic carbocycles. The number of thiophene rings is 1. The Hall–Kier alpha value is -2.16. The minimum atomic E-state index is -0.689. The van der Waals surface area contributed by atoms with Gasteiger partial charge in [-0.2, -0.15) is 0 Å². The van der Waals surface area contributed by atoms with Gasteiger partial charge in [0.05, 0.1) is 24.1 Å². The second kappa shape index (κ2) is 10.8. The molecule has 6 rings (SSSR count). The third kappa shape index (κ3) is 5.45. The molecule has 1 aromatic heterocycles. The summed E-state index contributed by atoms with van der Waals surface area (Å²) in [6.45, 7) is 11.2. The number of carbonyl (C=O) groups is 2. The minimum absolute atomic E-state index is 0.0569. The fourth-order valence-electron chi connectivity index (χ4n) is 6.98. The highest BCUT2D eigenvalue weighted by molar-refractivity contribution is 7.10. The van der Waals surface area contributed by atoms with E-state index in [1.807, 2.05) is 47.8 Å². The lowest BCUT2D eigenvalue weighted by Gasteiger charge is -2.64. The third-order valence-electron chi connectivity index (χ3n) is 9.20. The van der Waals surface area contributed by atoms with Crippen molar-refractivity contribution in [2.75, 3.05) is 0 Å². The molecular formula is C30H41BN2O4S. The first-order valence-corrected chi connectivity index (χ1v) is 14.9. The van der Waals surface area contributed by atoms with Crippen LogP contribution in [-0.2, 0) is 31.7 Å². The van der Waals surface area contributed by atoms with E-state index in [9.17, 15) is 9.59 Å². The van der Waals surface area contributed by atoms with E-state index in [0.29, 0.717) is 24.2 Å². The number of rotatable bonds is 10. The molecule has 2 bridgehead atoms. The van der Waals surface area contributed by atoms with Gasteiger partial charge >= 0.3 is 7.12 Å². The van der Waals surface area contributed by atoms with Crippen LogP contribution in [0.5, 0.6) is 0 Å². The number of nitrogens with one attached hydrogen (secondary N) is 2. The predicted molar refractivity (Wildman–Crippen MR) is 152 cm³/mol. The van der Waals surface area contributed by atoms with Crippen LogP contribution in [0.3, 0.4) is 0 Å². The first kappa shape index (κ1) is 27.4. The van der Waals surface area contributed by atoms with Crippen LogP contribution >= 0.6 is 11.3 Å². The van der Waals surface area contributed by atoms with Crippen LogP contribution in [0.25, 0.3) is 0 Å². The molecular weight excluding hydrogens is 495 g/mol. The van der Waals surface area contributed by atoms with Crippen molar-refractivity contribution in [3.05, 3.63) is 58.3 Å². The van der Waals surface area contributed by atoms with Crippen molar-refractivity contribution in [2.45, 2.75) is 90.4 Å². The maximum absolute atomic E-state index is 13.8. The first-order valence-electron chi connectivity index (χ1n) is 14.1. The second-order valence-electron chi connectivity index (χ2n) is 12.6. The van der Waals surface area contributed by atoms with Gasteiger partial charge in [0.1, 0.15) is 6.04 Å². The van der Waals surface area contributed by atoms with Crippen molar-refractivity contribution >= 4 is 30.3 Å². The van der Waals surface area contributed by atoms with E-state index in [1.54, 1.807) is 11.3 Å². The van der Waals surface area contributed by atoms with E-state index in [0.717, 1.165) is 23.3 Å². The zero-order valence-corrected chi connectivity index (χ0v) is 24.1. The van der Waals surface area contributed by atoms with E-state index >= 15 is 0 Å². The molecule has 1 saturated heterocycles. The molecule has 4 aliphatic rings.